The maximum atomic E-state index is 12.4. The fraction of sp³-hybridized carbons (Fsp3) is 0.533. The summed E-state index contributed by atoms with van der Waals surface area (Å²) in [6, 6.07) is 9.73. The molecule has 0 spiro atoms. The molecular weight excluding hydrogens is 318 g/mol. The monoisotopic (exact) mass is 341 g/mol. The number of amides is 1. The highest BCUT2D eigenvalue weighted by Crippen LogP contribution is 2.12. The quantitative estimate of drug-likeness (QED) is 0.786. The van der Waals surface area contributed by atoms with Crippen LogP contribution in [0, 0.1) is 0 Å². The maximum absolute atomic E-state index is 12.4. The van der Waals surface area contributed by atoms with Gasteiger partial charge in [0.1, 0.15) is 0 Å². The first-order chi connectivity index (χ1) is 10.8. The van der Waals surface area contributed by atoms with Gasteiger partial charge in [0.15, 0.2) is 0 Å². The van der Waals surface area contributed by atoms with Crippen LogP contribution < -0.4 is 0 Å². The van der Waals surface area contributed by atoms with Crippen molar-refractivity contribution in [2.75, 3.05) is 40.3 Å². The van der Waals surface area contributed by atoms with E-state index < -0.39 is 16.3 Å². The number of nitrogens with zero attached hydrogens (tertiary/aromatic N) is 3. The van der Waals surface area contributed by atoms with E-state index >= 15 is 0 Å². The number of hydrogen-bond acceptors (Lipinski definition) is 4. The molecule has 7 nitrogen and oxygen atoms in total. The Balaban J connectivity index is 2.06. The second-order valence-corrected chi connectivity index (χ2v) is 7.95. The van der Waals surface area contributed by atoms with Gasteiger partial charge in [0, 0.05) is 33.7 Å². The van der Waals surface area contributed by atoms with Crippen LogP contribution in [0.4, 0.5) is 0 Å². The van der Waals surface area contributed by atoms with Crippen molar-refractivity contribution in [3.8, 4) is 0 Å². The molecule has 128 valence electrons. The van der Waals surface area contributed by atoms with E-state index in [1.807, 2.05) is 30.3 Å². The summed E-state index contributed by atoms with van der Waals surface area (Å²) < 4.78 is 26.4. The van der Waals surface area contributed by atoms with Gasteiger partial charge in [0.05, 0.1) is 12.6 Å². The highest BCUT2D eigenvalue weighted by Gasteiger charge is 2.34. The van der Waals surface area contributed by atoms with Crippen LogP contribution in [0.1, 0.15) is 5.56 Å². The lowest BCUT2D eigenvalue weighted by atomic mass is 10.1. The molecule has 1 aromatic rings. The van der Waals surface area contributed by atoms with Crippen molar-refractivity contribution in [3.63, 3.8) is 0 Å². The zero-order chi connectivity index (χ0) is 17.0. The van der Waals surface area contributed by atoms with Crippen LogP contribution in [0.15, 0.2) is 30.3 Å². The van der Waals surface area contributed by atoms with Gasteiger partial charge in [-0.1, -0.05) is 30.3 Å². The standard InChI is InChI=1S/C15H23N3O4S/c1-16(2)23(21,22)18-11-14(19)10-17(15(20)12-18)9-8-13-6-4-3-5-7-13/h3-7,14,19H,8-12H2,1-2H3. The summed E-state index contributed by atoms with van der Waals surface area (Å²) in [4.78, 5) is 13.9. The highest BCUT2D eigenvalue weighted by molar-refractivity contribution is 7.86. The first-order valence-electron chi connectivity index (χ1n) is 7.48. The Kier molecular flexibility index (Phi) is 5.74. The number of aliphatic hydroxyl groups is 1. The molecule has 0 aromatic heterocycles. The Labute approximate surface area is 137 Å². The molecule has 23 heavy (non-hydrogen) atoms. The van der Waals surface area contributed by atoms with Crippen LogP contribution in [0.2, 0.25) is 0 Å². The zero-order valence-corrected chi connectivity index (χ0v) is 14.2. The molecule has 2 rings (SSSR count). The van der Waals surface area contributed by atoms with E-state index in [2.05, 4.69) is 0 Å². The van der Waals surface area contributed by atoms with E-state index in [4.69, 9.17) is 0 Å². The second kappa shape index (κ2) is 7.39. The molecule has 0 saturated carbocycles. The van der Waals surface area contributed by atoms with Gasteiger partial charge in [-0.15, -0.1) is 0 Å². The van der Waals surface area contributed by atoms with Gasteiger partial charge < -0.3 is 10.0 Å². The van der Waals surface area contributed by atoms with Gasteiger partial charge in [-0.3, -0.25) is 4.79 Å². The Morgan fingerprint density at radius 1 is 1.22 bits per heavy atom. The number of carbonyl (C=O) groups is 1. The molecule has 1 saturated heterocycles. The summed E-state index contributed by atoms with van der Waals surface area (Å²) in [5.74, 6) is -0.289. The number of β-amino-alcohol motifs (C(OH)–C–C–N with tert-alkyl or cyclic N) is 1. The lowest BCUT2D eigenvalue weighted by molar-refractivity contribution is -0.131. The van der Waals surface area contributed by atoms with Crippen LogP contribution in [0.3, 0.4) is 0 Å². The molecule has 0 bridgehead atoms. The number of aliphatic hydroxyl groups excluding tert-OH is 1. The zero-order valence-electron chi connectivity index (χ0n) is 13.4. The molecule has 1 amide bonds. The average molecular weight is 341 g/mol. The van der Waals surface area contributed by atoms with E-state index in [1.165, 1.54) is 19.0 Å². The smallest absolute Gasteiger partial charge is 0.282 e. The van der Waals surface area contributed by atoms with Crippen molar-refractivity contribution in [1.82, 2.24) is 13.5 Å². The van der Waals surface area contributed by atoms with E-state index in [1.54, 1.807) is 0 Å². The van der Waals surface area contributed by atoms with Gasteiger partial charge in [0.25, 0.3) is 10.2 Å². The second-order valence-electron chi connectivity index (χ2n) is 5.81. The molecule has 1 unspecified atom stereocenters. The Morgan fingerprint density at radius 3 is 2.48 bits per heavy atom. The van der Waals surface area contributed by atoms with Crippen molar-refractivity contribution in [3.05, 3.63) is 35.9 Å². The molecule has 1 N–H and O–H groups in total. The van der Waals surface area contributed by atoms with E-state index in [0.717, 1.165) is 14.2 Å². The molecule has 1 aliphatic rings. The van der Waals surface area contributed by atoms with Crippen molar-refractivity contribution >= 4 is 16.1 Å². The highest BCUT2D eigenvalue weighted by atomic mass is 32.2. The molecule has 1 heterocycles. The predicted octanol–water partition coefficient (Wildman–Crippen LogP) is -0.459. The molecule has 1 aromatic carbocycles. The Hall–Kier alpha value is -1.48. The third-order valence-electron chi connectivity index (χ3n) is 3.81. The lowest BCUT2D eigenvalue weighted by Crippen LogP contribution is -2.45. The van der Waals surface area contributed by atoms with Crippen LogP contribution in [-0.4, -0.2) is 79.3 Å². The summed E-state index contributed by atoms with van der Waals surface area (Å²) >= 11 is 0. The molecular formula is C15H23N3O4S. The van der Waals surface area contributed by atoms with Crippen molar-refractivity contribution < 1.29 is 18.3 Å². The minimum atomic E-state index is -3.72. The van der Waals surface area contributed by atoms with Crippen LogP contribution in [0.25, 0.3) is 0 Å². The van der Waals surface area contributed by atoms with Gasteiger partial charge in [-0.05, 0) is 12.0 Å². The fourth-order valence-electron chi connectivity index (χ4n) is 2.50. The number of carbonyl (C=O) groups excluding carboxylic acids is 1. The third kappa shape index (κ3) is 4.51. The van der Waals surface area contributed by atoms with Crippen molar-refractivity contribution in [1.29, 1.82) is 0 Å². The minimum Gasteiger partial charge on any atom is -0.390 e. The lowest BCUT2D eigenvalue weighted by Gasteiger charge is -2.23. The first-order valence-corrected chi connectivity index (χ1v) is 8.88. The summed E-state index contributed by atoms with van der Waals surface area (Å²) in [6.07, 6.45) is -0.230. The topological polar surface area (TPSA) is 81.2 Å². The molecule has 1 fully saturated rings. The van der Waals surface area contributed by atoms with Gasteiger partial charge in [0.2, 0.25) is 5.91 Å². The van der Waals surface area contributed by atoms with E-state index in [-0.39, 0.29) is 25.5 Å². The molecule has 1 aliphatic heterocycles. The molecule has 8 heteroatoms. The van der Waals surface area contributed by atoms with Gasteiger partial charge in [-0.25, -0.2) is 0 Å². The largest absolute Gasteiger partial charge is 0.390 e. The summed E-state index contributed by atoms with van der Waals surface area (Å²) in [7, 11) is -0.906. The summed E-state index contributed by atoms with van der Waals surface area (Å²) in [5.41, 5.74) is 1.09. The van der Waals surface area contributed by atoms with E-state index in [9.17, 15) is 18.3 Å². The molecule has 1 atom stereocenters. The first kappa shape index (κ1) is 17.9. The van der Waals surface area contributed by atoms with E-state index in [0.29, 0.717) is 13.0 Å². The van der Waals surface area contributed by atoms with Crippen LogP contribution in [-0.2, 0) is 21.4 Å². The molecule has 0 aliphatic carbocycles. The average Bonchev–Trinajstić information content (AvgIpc) is 2.65. The number of benzene rings is 1. The SMILES string of the molecule is CN(C)S(=O)(=O)N1CC(=O)N(CCc2ccccc2)CC(O)C1. The van der Waals surface area contributed by atoms with Crippen LogP contribution in [0.5, 0.6) is 0 Å². The Bertz CT molecular complexity index is 633. The van der Waals surface area contributed by atoms with Crippen molar-refractivity contribution in [2.45, 2.75) is 12.5 Å². The van der Waals surface area contributed by atoms with Crippen molar-refractivity contribution in [2.24, 2.45) is 0 Å². The van der Waals surface area contributed by atoms with Gasteiger partial charge >= 0.3 is 0 Å². The fourth-order valence-corrected chi connectivity index (χ4v) is 3.59. The summed E-state index contributed by atoms with van der Waals surface area (Å²) in [6.45, 7) is 0.279. The number of hydrogen-bond donors (Lipinski definition) is 1. The normalized spacial score (nSPS) is 20.8. The van der Waals surface area contributed by atoms with Crippen LogP contribution >= 0.6 is 0 Å². The molecule has 0 radical (unpaired) electrons. The number of rotatable bonds is 5. The summed E-state index contributed by atoms with van der Waals surface area (Å²) in [5, 5.41) is 10.1. The third-order valence-corrected chi connectivity index (χ3v) is 5.66. The minimum absolute atomic E-state index is 0.0753. The maximum Gasteiger partial charge on any atom is 0.282 e. The predicted molar refractivity (Wildman–Crippen MR) is 86.9 cm³/mol. The Morgan fingerprint density at radius 2 is 1.87 bits per heavy atom. The van der Waals surface area contributed by atoms with Gasteiger partial charge in [-0.2, -0.15) is 17.0 Å².